The van der Waals surface area contributed by atoms with Crippen molar-refractivity contribution in [1.82, 2.24) is 4.57 Å². The molecule has 1 aromatic heterocycles. The highest BCUT2D eigenvalue weighted by Gasteiger charge is 2.11. The molecular formula is C18H19NO2. The Morgan fingerprint density at radius 3 is 2.76 bits per heavy atom. The maximum atomic E-state index is 12.0. The Bertz CT molecular complexity index is 608. The predicted octanol–water partition coefficient (Wildman–Crippen LogP) is 3.30. The Kier molecular flexibility index (Phi) is 5.66. The smallest absolute Gasteiger partial charge is 0.354 e. The summed E-state index contributed by atoms with van der Waals surface area (Å²) in [6, 6.07) is 13.9. The Labute approximate surface area is 125 Å². The number of terminal acetylenes is 1. The lowest BCUT2D eigenvalue weighted by molar-refractivity contribution is 0.0489. The van der Waals surface area contributed by atoms with Gasteiger partial charge in [-0.1, -0.05) is 30.3 Å². The number of ether oxygens (including phenoxy) is 1. The Hall–Kier alpha value is -2.47. The minimum Gasteiger partial charge on any atom is -0.461 e. The summed E-state index contributed by atoms with van der Waals surface area (Å²) in [7, 11) is 0. The Morgan fingerprint density at radius 1 is 1.19 bits per heavy atom. The third kappa shape index (κ3) is 4.54. The summed E-state index contributed by atoms with van der Waals surface area (Å²) < 4.78 is 7.15. The van der Waals surface area contributed by atoms with Crippen molar-refractivity contribution in [1.29, 1.82) is 0 Å². The molecule has 0 N–H and O–H groups in total. The second-order valence-electron chi connectivity index (χ2n) is 4.77. The van der Waals surface area contributed by atoms with Crippen LogP contribution in [0.25, 0.3) is 0 Å². The second kappa shape index (κ2) is 7.96. The summed E-state index contributed by atoms with van der Waals surface area (Å²) in [5, 5.41) is 0. The molecule has 1 aromatic carbocycles. The van der Waals surface area contributed by atoms with Gasteiger partial charge in [0.05, 0.1) is 6.61 Å². The average Bonchev–Trinajstić information content (AvgIpc) is 2.99. The average molecular weight is 281 g/mol. The van der Waals surface area contributed by atoms with E-state index in [0.29, 0.717) is 25.1 Å². The number of hydrogen-bond donors (Lipinski definition) is 0. The molecule has 0 aliphatic carbocycles. The van der Waals surface area contributed by atoms with Crippen molar-refractivity contribution in [3.05, 3.63) is 59.9 Å². The predicted molar refractivity (Wildman–Crippen MR) is 82.9 cm³/mol. The molecule has 0 spiro atoms. The maximum absolute atomic E-state index is 12.0. The lowest BCUT2D eigenvalue weighted by Gasteiger charge is -2.09. The van der Waals surface area contributed by atoms with E-state index < -0.39 is 0 Å². The summed E-state index contributed by atoms with van der Waals surface area (Å²) in [6.07, 6.45) is 9.28. The summed E-state index contributed by atoms with van der Waals surface area (Å²) in [5.74, 6) is 2.24. The highest BCUT2D eigenvalue weighted by molar-refractivity contribution is 5.87. The molecule has 21 heavy (non-hydrogen) atoms. The van der Waals surface area contributed by atoms with E-state index in [1.807, 2.05) is 35.0 Å². The van der Waals surface area contributed by atoms with Crippen LogP contribution in [-0.2, 0) is 17.7 Å². The Balaban J connectivity index is 1.89. The molecule has 0 saturated carbocycles. The van der Waals surface area contributed by atoms with Gasteiger partial charge in [0, 0.05) is 19.2 Å². The molecule has 1 heterocycles. The molecule has 3 nitrogen and oxygen atoms in total. The zero-order chi connectivity index (χ0) is 14.9. The molecule has 0 atom stereocenters. The second-order valence-corrected chi connectivity index (χ2v) is 4.77. The fourth-order valence-corrected chi connectivity index (χ4v) is 2.10. The van der Waals surface area contributed by atoms with Gasteiger partial charge in [0.15, 0.2) is 0 Å². The number of carbonyl (C=O) groups is 1. The molecule has 0 amide bonds. The van der Waals surface area contributed by atoms with Gasteiger partial charge >= 0.3 is 5.97 Å². The number of rotatable bonds is 7. The number of carbonyl (C=O) groups excluding carboxylic acids is 1. The van der Waals surface area contributed by atoms with Crippen molar-refractivity contribution in [2.45, 2.75) is 25.8 Å². The number of esters is 1. The van der Waals surface area contributed by atoms with Gasteiger partial charge in [-0.25, -0.2) is 4.79 Å². The molecule has 2 rings (SSSR count). The van der Waals surface area contributed by atoms with E-state index in [9.17, 15) is 4.79 Å². The lowest BCUT2D eigenvalue weighted by atomic mass is 10.1. The highest BCUT2D eigenvalue weighted by atomic mass is 16.5. The molecule has 3 heteroatoms. The van der Waals surface area contributed by atoms with E-state index in [1.165, 1.54) is 5.56 Å². The van der Waals surface area contributed by atoms with Gasteiger partial charge in [-0.3, -0.25) is 0 Å². The summed E-state index contributed by atoms with van der Waals surface area (Å²) in [6.45, 7) is 1.12. The van der Waals surface area contributed by atoms with Crippen LogP contribution in [0.5, 0.6) is 0 Å². The van der Waals surface area contributed by atoms with E-state index in [2.05, 4.69) is 18.1 Å². The van der Waals surface area contributed by atoms with Gasteiger partial charge in [0.2, 0.25) is 0 Å². The largest absolute Gasteiger partial charge is 0.461 e. The normalized spacial score (nSPS) is 10.0. The number of unbranched alkanes of at least 4 members (excludes halogenated alkanes) is 1. The number of aromatic nitrogens is 1. The minimum atomic E-state index is -0.287. The number of benzene rings is 1. The monoisotopic (exact) mass is 281 g/mol. The molecule has 0 aliphatic rings. The standard InChI is InChI=1S/C18H19NO2/c1-2-3-7-15-21-18(20)17-11-8-13-19(17)14-12-16-9-5-4-6-10-16/h1,4-6,8-11,13H,3,7,12,14-15H2. The van der Waals surface area contributed by atoms with Gasteiger partial charge in [0.25, 0.3) is 0 Å². The molecule has 0 radical (unpaired) electrons. The van der Waals surface area contributed by atoms with Crippen LogP contribution in [0, 0.1) is 12.3 Å². The first-order valence-corrected chi connectivity index (χ1v) is 7.11. The number of nitrogens with zero attached hydrogens (tertiary/aromatic N) is 1. The van der Waals surface area contributed by atoms with E-state index in [1.54, 1.807) is 6.07 Å². The summed E-state index contributed by atoms with van der Waals surface area (Å²) in [5.41, 5.74) is 1.84. The molecule has 0 bridgehead atoms. The Morgan fingerprint density at radius 2 is 2.00 bits per heavy atom. The van der Waals surface area contributed by atoms with Crippen LogP contribution in [0.15, 0.2) is 48.7 Å². The van der Waals surface area contributed by atoms with E-state index in [4.69, 9.17) is 11.2 Å². The van der Waals surface area contributed by atoms with Crippen molar-refractivity contribution in [3.63, 3.8) is 0 Å². The minimum absolute atomic E-state index is 0.287. The summed E-state index contributed by atoms with van der Waals surface area (Å²) >= 11 is 0. The van der Waals surface area contributed by atoms with Crippen LogP contribution in [0.2, 0.25) is 0 Å². The third-order valence-corrected chi connectivity index (χ3v) is 3.22. The van der Waals surface area contributed by atoms with Gasteiger partial charge < -0.3 is 9.30 Å². The molecule has 0 unspecified atom stereocenters. The van der Waals surface area contributed by atoms with Crippen molar-refractivity contribution < 1.29 is 9.53 Å². The first-order valence-electron chi connectivity index (χ1n) is 7.11. The van der Waals surface area contributed by atoms with Crippen LogP contribution in [0.1, 0.15) is 28.9 Å². The lowest BCUT2D eigenvalue weighted by Crippen LogP contribution is -2.13. The molecule has 0 saturated heterocycles. The number of aryl methyl sites for hydroxylation is 2. The van der Waals surface area contributed by atoms with Gasteiger partial charge in [-0.2, -0.15) is 0 Å². The van der Waals surface area contributed by atoms with E-state index >= 15 is 0 Å². The zero-order valence-corrected chi connectivity index (χ0v) is 12.0. The van der Waals surface area contributed by atoms with Gasteiger partial charge in [0.1, 0.15) is 5.69 Å². The number of hydrogen-bond acceptors (Lipinski definition) is 2. The highest BCUT2D eigenvalue weighted by Crippen LogP contribution is 2.08. The van der Waals surface area contributed by atoms with Crippen molar-refractivity contribution >= 4 is 5.97 Å². The molecule has 0 fully saturated rings. The fraction of sp³-hybridized carbons (Fsp3) is 0.278. The maximum Gasteiger partial charge on any atom is 0.354 e. The van der Waals surface area contributed by atoms with Crippen LogP contribution in [0.3, 0.4) is 0 Å². The van der Waals surface area contributed by atoms with Gasteiger partial charge in [-0.05, 0) is 30.5 Å². The van der Waals surface area contributed by atoms with Crippen molar-refractivity contribution in [3.8, 4) is 12.3 Å². The quantitative estimate of drug-likeness (QED) is 0.443. The topological polar surface area (TPSA) is 31.2 Å². The zero-order valence-electron chi connectivity index (χ0n) is 12.0. The first-order chi connectivity index (χ1) is 10.3. The van der Waals surface area contributed by atoms with Gasteiger partial charge in [-0.15, -0.1) is 12.3 Å². The van der Waals surface area contributed by atoms with Crippen molar-refractivity contribution in [2.24, 2.45) is 0 Å². The van der Waals surface area contributed by atoms with Crippen LogP contribution < -0.4 is 0 Å². The molecule has 2 aromatic rings. The van der Waals surface area contributed by atoms with Crippen LogP contribution >= 0.6 is 0 Å². The van der Waals surface area contributed by atoms with E-state index in [-0.39, 0.29) is 5.97 Å². The molecular weight excluding hydrogens is 262 g/mol. The SMILES string of the molecule is C#CCCCOC(=O)c1cccn1CCc1ccccc1. The fourth-order valence-electron chi connectivity index (χ4n) is 2.10. The first kappa shape index (κ1) is 14.9. The van der Waals surface area contributed by atoms with E-state index in [0.717, 1.165) is 13.0 Å². The van der Waals surface area contributed by atoms with Crippen LogP contribution in [-0.4, -0.2) is 17.1 Å². The molecule has 108 valence electrons. The van der Waals surface area contributed by atoms with Crippen LogP contribution in [0.4, 0.5) is 0 Å². The molecule has 0 aliphatic heterocycles. The third-order valence-electron chi connectivity index (χ3n) is 3.22. The summed E-state index contributed by atoms with van der Waals surface area (Å²) in [4.78, 5) is 12.0. The van der Waals surface area contributed by atoms with Crippen molar-refractivity contribution in [2.75, 3.05) is 6.61 Å².